The molecule has 0 aliphatic rings. The summed E-state index contributed by atoms with van der Waals surface area (Å²) in [6.07, 6.45) is 5.18. The summed E-state index contributed by atoms with van der Waals surface area (Å²) in [5.41, 5.74) is 5.84. The number of halogens is 1. The van der Waals surface area contributed by atoms with E-state index in [1.165, 1.54) is 6.07 Å². The Bertz CT molecular complexity index is 1480. The molecule has 0 spiro atoms. The van der Waals surface area contributed by atoms with Crippen molar-refractivity contribution in [2.75, 3.05) is 0 Å². The minimum Gasteiger partial charge on any atom is -0.336 e. The molecular weight excluding hydrogens is 391 g/mol. The Kier molecular flexibility index (Phi) is 3.35. The first-order chi connectivity index (χ1) is 14.3. The summed E-state index contributed by atoms with van der Waals surface area (Å²) < 4.78 is 13.5. The Morgan fingerprint density at radius 2 is 1.86 bits per heavy atom. The van der Waals surface area contributed by atoms with Gasteiger partial charge in [-0.2, -0.15) is 14.6 Å². The number of rotatable bonds is 3. The minimum absolute atomic E-state index is 0.260. The van der Waals surface area contributed by atoms with E-state index in [9.17, 15) is 4.39 Å². The Labute approximate surface area is 165 Å². The third-order valence-electron chi connectivity index (χ3n) is 4.63. The molecule has 8 nitrogen and oxygen atoms in total. The van der Waals surface area contributed by atoms with Crippen LogP contribution in [0.15, 0.2) is 48.9 Å². The highest BCUT2D eigenvalue weighted by molar-refractivity contribution is 7.13. The van der Waals surface area contributed by atoms with Crippen LogP contribution in [0.25, 0.3) is 55.4 Å². The van der Waals surface area contributed by atoms with Gasteiger partial charge in [-0.3, -0.25) is 15.2 Å². The minimum atomic E-state index is -0.260. The first kappa shape index (κ1) is 16.1. The molecule has 0 saturated heterocycles. The van der Waals surface area contributed by atoms with Crippen molar-refractivity contribution in [2.45, 2.75) is 0 Å². The van der Waals surface area contributed by atoms with Gasteiger partial charge in [0.15, 0.2) is 16.6 Å². The number of thiophene rings is 1. The zero-order valence-electron chi connectivity index (χ0n) is 14.6. The third kappa shape index (κ3) is 2.53. The average Bonchev–Trinajstić information content (AvgIpc) is 3.51. The summed E-state index contributed by atoms with van der Waals surface area (Å²) in [4.78, 5) is 17.8. The lowest BCUT2D eigenvalue weighted by molar-refractivity contribution is 0.657. The van der Waals surface area contributed by atoms with E-state index in [2.05, 4.69) is 30.4 Å². The quantitative estimate of drug-likeness (QED) is 0.412. The fourth-order valence-electron chi connectivity index (χ4n) is 3.29. The molecule has 0 saturated carbocycles. The molecular formula is C19H11FN8S. The lowest BCUT2D eigenvalue weighted by Gasteiger charge is -1.97. The molecule has 0 fully saturated rings. The Morgan fingerprint density at radius 3 is 2.69 bits per heavy atom. The molecule has 0 bridgehead atoms. The second kappa shape index (κ2) is 6.04. The maximum Gasteiger partial charge on any atom is 0.177 e. The van der Waals surface area contributed by atoms with Gasteiger partial charge in [0.2, 0.25) is 0 Å². The van der Waals surface area contributed by atoms with Crippen molar-refractivity contribution in [1.29, 1.82) is 0 Å². The van der Waals surface area contributed by atoms with Crippen LogP contribution in [0, 0.1) is 5.13 Å². The van der Waals surface area contributed by atoms with E-state index in [0.717, 1.165) is 38.5 Å². The number of hydrogen-bond acceptors (Lipinski definition) is 6. The van der Waals surface area contributed by atoms with E-state index in [1.54, 1.807) is 24.7 Å². The van der Waals surface area contributed by atoms with Gasteiger partial charge in [0, 0.05) is 18.0 Å². The second-order valence-electron chi connectivity index (χ2n) is 6.40. The summed E-state index contributed by atoms with van der Waals surface area (Å²) >= 11 is 1.04. The molecule has 0 amide bonds. The molecule has 3 N–H and O–H groups in total. The summed E-state index contributed by atoms with van der Waals surface area (Å²) in [5.74, 6) is 0.564. The predicted octanol–water partition coefficient (Wildman–Crippen LogP) is 4.15. The van der Waals surface area contributed by atoms with Gasteiger partial charge in [-0.25, -0.2) is 9.97 Å². The number of fused-ring (bicyclic) bond motifs is 2. The van der Waals surface area contributed by atoms with E-state index < -0.39 is 0 Å². The highest BCUT2D eigenvalue weighted by atomic mass is 32.1. The average molecular weight is 402 g/mol. The van der Waals surface area contributed by atoms with Gasteiger partial charge in [0.05, 0.1) is 27.8 Å². The predicted molar refractivity (Wildman–Crippen MR) is 108 cm³/mol. The fourth-order valence-corrected chi connectivity index (χ4v) is 4.01. The summed E-state index contributed by atoms with van der Waals surface area (Å²) in [6, 6.07) is 8.79. The van der Waals surface area contributed by atoms with Crippen LogP contribution in [-0.4, -0.2) is 40.3 Å². The van der Waals surface area contributed by atoms with Crippen LogP contribution in [0.5, 0.6) is 0 Å². The van der Waals surface area contributed by atoms with Crippen molar-refractivity contribution in [1.82, 2.24) is 40.3 Å². The molecule has 140 valence electrons. The third-order valence-corrected chi connectivity index (χ3v) is 5.51. The number of pyridine rings is 2. The van der Waals surface area contributed by atoms with Crippen LogP contribution in [-0.2, 0) is 0 Å². The molecule has 6 aromatic rings. The molecule has 0 radical (unpaired) electrons. The number of hydrogen-bond donors (Lipinski definition) is 3. The number of aromatic amines is 3. The largest absolute Gasteiger partial charge is 0.336 e. The van der Waals surface area contributed by atoms with E-state index in [0.29, 0.717) is 28.2 Å². The zero-order valence-corrected chi connectivity index (χ0v) is 15.5. The maximum absolute atomic E-state index is 13.5. The first-order valence-electron chi connectivity index (χ1n) is 8.71. The molecule has 0 unspecified atom stereocenters. The van der Waals surface area contributed by atoms with Crippen LogP contribution < -0.4 is 0 Å². The SMILES string of the molecule is Fc1ccc(-c2nccc3[nH]c(-c4n[nH]c5ccc(-c6cn[nH]c6)nc45)nc23)s1. The molecule has 29 heavy (non-hydrogen) atoms. The van der Waals surface area contributed by atoms with E-state index in [-0.39, 0.29) is 5.13 Å². The maximum atomic E-state index is 13.5. The van der Waals surface area contributed by atoms with Crippen LogP contribution in [0.2, 0.25) is 0 Å². The van der Waals surface area contributed by atoms with Gasteiger partial charge in [-0.15, -0.1) is 11.3 Å². The normalized spacial score (nSPS) is 11.6. The summed E-state index contributed by atoms with van der Waals surface area (Å²) in [7, 11) is 0. The topological polar surface area (TPSA) is 112 Å². The van der Waals surface area contributed by atoms with Gasteiger partial charge in [0.1, 0.15) is 16.7 Å². The van der Waals surface area contributed by atoms with Crippen molar-refractivity contribution >= 4 is 33.4 Å². The van der Waals surface area contributed by atoms with Crippen molar-refractivity contribution in [3.63, 3.8) is 0 Å². The zero-order chi connectivity index (χ0) is 19.4. The first-order valence-corrected chi connectivity index (χ1v) is 9.53. The molecule has 0 aliphatic carbocycles. The van der Waals surface area contributed by atoms with Crippen molar-refractivity contribution in [3.8, 4) is 33.3 Å². The monoisotopic (exact) mass is 402 g/mol. The standard InChI is InChI=1S/C19H11FN8S/c20-14-4-3-13(29-14)17-15-11(5-6-21-17)25-19(26-15)18-16-12(27-28-18)2-1-10(24-16)9-7-22-23-8-9/h1-8H,(H,22,23)(H,25,26)(H,27,28). The molecule has 0 aliphatic heterocycles. The van der Waals surface area contributed by atoms with Crippen molar-refractivity contribution in [3.05, 3.63) is 54.1 Å². The second-order valence-corrected chi connectivity index (χ2v) is 7.43. The Hall–Kier alpha value is -3.92. The van der Waals surface area contributed by atoms with Gasteiger partial charge in [-0.05, 0) is 30.3 Å². The lowest BCUT2D eigenvalue weighted by Crippen LogP contribution is -1.86. The number of nitrogens with one attached hydrogen (secondary N) is 3. The number of nitrogens with zero attached hydrogens (tertiary/aromatic N) is 5. The smallest absolute Gasteiger partial charge is 0.177 e. The van der Waals surface area contributed by atoms with Crippen LogP contribution >= 0.6 is 11.3 Å². The van der Waals surface area contributed by atoms with Crippen LogP contribution in [0.4, 0.5) is 4.39 Å². The lowest BCUT2D eigenvalue weighted by atomic mass is 10.2. The van der Waals surface area contributed by atoms with Crippen LogP contribution in [0.3, 0.4) is 0 Å². The number of aromatic nitrogens is 8. The highest BCUT2D eigenvalue weighted by Gasteiger charge is 2.18. The molecule has 6 rings (SSSR count). The molecule has 6 heterocycles. The Balaban J connectivity index is 1.53. The van der Waals surface area contributed by atoms with E-state index in [1.807, 2.05) is 18.2 Å². The van der Waals surface area contributed by atoms with Gasteiger partial charge >= 0.3 is 0 Å². The van der Waals surface area contributed by atoms with E-state index in [4.69, 9.17) is 9.97 Å². The molecule has 6 aromatic heterocycles. The van der Waals surface area contributed by atoms with Gasteiger partial charge in [0.25, 0.3) is 0 Å². The molecule has 0 atom stereocenters. The van der Waals surface area contributed by atoms with Crippen LogP contribution in [0.1, 0.15) is 0 Å². The van der Waals surface area contributed by atoms with Gasteiger partial charge in [-0.1, -0.05) is 0 Å². The summed E-state index contributed by atoms with van der Waals surface area (Å²) in [6.45, 7) is 0. The fraction of sp³-hybridized carbons (Fsp3) is 0. The molecule has 10 heteroatoms. The number of H-pyrrole nitrogens is 3. The summed E-state index contributed by atoms with van der Waals surface area (Å²) in [5, 5.41) is 13.9. The van der Waals surface area contributed by atoms with Gasteiger partial charge < -0.3 is 4.98 Å². The highest BCUT2D eigenvalue weighted by Crippen LogP contribution is 2.33. The van der Waals surface area contributed by atoms with E-state index >= 15 is 0 Å². The number of imidazole rings is 1. The van der Waals surface area contributed by atoms with Crippen molar-refractivity contribution < 1.29 is 4.39 Å². The molecule has 0 aromatic carbocycles. The van der Waals surface area contributed by atoms with Crippen molar-refractivity contribution in [2.24, 2.45) is 0 Å². The Morgan fingerprint density at radius 1 is 0.931 bits per heavy atom.